The quantitative estimate of drug-likeness (QED) is 0.531. The maximum atomic E-state index is 13.0. The highest BCUT2D eigenvalue weighted by atomic mass is 32.2. The number of thiophene rings is 1. The summed E-state index contributed by atoms with van der Waals surface area (Å²) >= 11 is 1.54. The molecule has 0 atom stereocenters. The van der Waals surface area contributed by atoms with Gasteiger partial charge in [-0.3, -0.25) is 9.59 Å². The maximum Gasteiger partial charge on any atom is 0.253 e. The third-order valence-electron chi connectivity index (χ3n) is 4.50. The number of hydrogen-bond acceptors (Lipinski definition) is 5. The first-order valence-electron chi connectivity index (χ1n) is 8.20. The van der Waals surface area contributed by atoms with Gasteiger partial charge in [0.05, 0.1) is 16.3 Å². The summed E-state index contributed by atoms with van der Waals surface area (Å²) < 4.78 is 25.9. The van der Waals surface area contributed by atoms with E-state index >= 15 is 0 Å². The molecular weight excluding hydrogens is 382 g/mol. The highest BCUT2D eigenvalue weighted by molar-refractivity contribution is 7.91. The van der Waals surface area contributed by atoms with E-state index in [2.05, 4.69) is 0 Å². The molecule has 2 heterocycles. The Bertz CT molecular complexity index is 1160. The average Bonchev–Trinajstić information content (AvgIpc) is 3.18. The van der Waals surface area contributed by atoms with Crippen molar-refractivity contribution in [3.63, 3.8) is 0 Å². The summed E-state index contributed by atoms with van der Waals surface area (Å²) in [4.78, 5) is 27.8. The third-order valence-corrected chi connectivity index (χ3v) is 7.22. The Morgan fingerprint density at radius 3 is 2.48 bits per heavy atom. The summed E-state index contributed by atoms with van der Waals surface area (Å²) in [7, 11) is -2.19. The molecule has 0 radical (unpaired) electrons. The second-order valence-electron chi connectivity index (χ2n) is 6.28. The minimum Gasteiger partial charge on any atom is -0.337 e. The summed E-state index contributed by atoms with van der Waals surface area (Å²) in [5.74, 6) is -0.644. The zero-order chi connectivity index (χ0) is 19.2. The summed E-state index contributed by atoms with van der Waals surface area (Å²) in [5.41, 5.74) is 0.508. The van der Waals surface area contributed by atoms with Gasteiger partial charge in [0, 0.05) is 28.6 Å². The Labute approximate surface area is 160 Å². The SMILES string of the molecule is CN(Cc1cccs1)C(=O)c1ccc2c(c1)S(=O)(=O)c1ccccc1C2=O. The van der Waals surface area contributed by atoms with Crippen molar-refractivity contribution in [3.05, 3.63) is 81.5 Å². The molecule has 27 heavy (non-hydrogen) atoms. The molecule has 0 saturated carbocycles. The Balaban J connectivity index is 1.74. The molecule has 1 amide bonds. The van der Waals surface area contributed by atoms with Crippen LogP contribution in [0.25, 0.3) is 0 Å². The van der Waals surface area contributed by atoms with E-state index in [-0.39, 0.29) is 38.2 Å². The Morgan fingerprint density at radius 1 is 1.00 bits per heavy atom. The van der Waals surface area contributed by atoms with Gasteiger partial charge in [-0.15, -0.1) is 11.3 Å². The van der Waals surface area contributed by atoms with Gasteiger partial charge in [-0.25, -0.2) is 8.42 Å². The molecule has 1 aliphatic rings. The highest BCUT2D eigenvalue weighted by Crippen LogP contribution is 2.35. The van der Waals surface area contributed by atoms with E-state index in [9.17, 15) is 18.0 Å². The first kappa shape index (κ1) is 17.6. The van der Waals surface area contributed by atoms with Crippen LogP contribution < -0.4 is 0 Å². The molecule has 0 spiro atoms. The van der Waals surface area contributed by atoms with Crippen LogP contribution in [0.4, 0.5) is 0 Å². The normalized spacial score (nSPS) is 14.3. The number of ketones is 1. The van der Waals surface area contributed by atoms with Gasteiger partial charge in [0.15, 0.2) is 5.78 Å². The Kier molecular flexibility index (Phi) is 4.20. The molecular formula is C20H15NO4S2. The van der Waals surface area contributed by atoms with Gasteiger partial charge >= 0.3 is 0 Å². The number of hydrogen-bond donors (Lipinski definition) is 0. The smallest absolute Gasteiger partial charge is 0.253 e. The van der Waals surface area contributed by atoms with E-state index in [1.807, 2.05) is 17.5 Å². The Morgan fingerprint density at radius 2 is 1.74 bits per heavy atom. The van der Waals surface area contributed by atoms with Gasteiger partial charge in [-0.1, -0.05) is 18.2 Å². The van der Waals surface area contributed by atoms with Crippen LogP contribution in [0, 0.1) is 0 Å². The lowest BCUT2D eigenvalue weighted by molar-refractivity contribution is 0.0785. The monoisotopic (exact) mass is 397 g/mol. The van der Waals surface area contributed by atoms with Crippen molar-refractivity contribution in [2.75, 3.05) is 7.05 Å². The maximum absolute atomic E-state index is 13.0. The lowest BCUT2D eigenvalue weighted by Gasteiger charge is -2.21. The Hall–Kier alpha value is -2.77. The van der Waals surface area contributed by atoms with Crippen LogP contribution in [0.3, 0.4) is 0 Å². The van der Waals surface area contributed by atoms with Gasteiger partial charge in [0.1, 0.15) is 0 Å². The standard InChI is InChI=1S/C20H15NO4S2/c1-21(12-14-5-4-10-26-14)20(23)13-8-9-16-18(11-13)27(24,25)17-7-3-2-6-15(17)19(16)22/h2-11H,12H2,1H3. The first-order valence-corrected chi connectivity index (χ1v) is 10.6. The van der Waals surface area contributed by atoms with Crippen molar-refractivity contribution in [2.24, 2.45) is 0 Å². The largest absolute Gasteiger partial charge is 0.337 e. The second kappa shape index (κ2) is 6.44. The van der Waals surface area contributed by atoms with Crippen molar-refractivity contribution in [2.45, 2.75) is 16.3 Å². The molecule has 1 aliphatic heterocycles. The van der Waals surface area contributed by atoms with Crippen LogP contribution in [-0.4, -0.2) is 32.1 Å². The van der Waals surface area contributed by atoms with E-state index in [1.54, 1.807) is 30.5 Å². The molecule has 0 fully saturated rings. The molecule has 7 heteroatoms. The zero-order valence-corrected chi connectivity index (χ0v) is 16.0. The minimum atomic E-state index is -3.86. The van der Waals surface area contributed by atoms with Gasteiger partial charge in [0.2, 0.25) is 9.84 Å². The summed E-state index contributed by atoms with van der Waals surface area (Å²) in [5, 5.41) is 1.93. The predicted molar refractivity (Wildman–Crippen MR) is 102 cm³/mol. The number of amides is 1. The zero-order valence-electron chi connectivity index (χ0n) is 14.4. The van der Waals surface area contributed by atoms with Crippen molar-refractivity contribution in [1.82, 2.24) is 4.90 Å². The fourth-order valence-electron chi connectivity index (χ4n) is 3.15. The number of rotatable bonds is 3. The van der Waals surface area contributed by atoms with E-state index in [1.165, 1.54) is 35.2 Å². The molecule has 3 aromatic rings. The average molecular weight is 397 g/mol. The summed E-state index contributed by atoms with van der Waals surface area (Å²) in [6, 6.07) is 14.2. The second-order valence-corrected chi connectivity index (χ2v) is 9.20. The van der Waals surface area contributed by atoms with Crippen molar-refractivity contribution < 1.29 is 18.0 Å². The molecule has 0 saturated heterocycles. The molecule has 4 rings (SSSR count). The molecule has 5 nitrogen and oxygen atoms in total. The van der Waals surface area contributed by atoms with Crippen LogP contribution in [0.2, 0.25) is 0 Å². The molecule has 0 N–H and O–H groups in total. The molecule has 0 bridgehead atoms. The van der Waals surface area contributed by atoms with Crippen LogP contribution in [-0.2, 0) is 16.4 Å². The van der Waals surface area contributed by atoms with E-state index in [0.29, 0.717) is 6.54 Å². The molecule has 0 aliphatic carbocycles. The fraction of sp³-hybridized carbons (Fsp3) is 0.100. The van der Waals surface area contributed by atoms with Crippen LogP contribution in [0.1, 0.15) is 31.2 Å². The van der Waals surface area contributed by atoms with Crippen LogP contribution >= 0.6 is 11.3 Å². The van der Waals surface area contributed by atoms with Gasteiger partial charge in [-0.05, 0) is 41.8 Å². The van der Waals surface area contributed by atoms with Crippen LogP contribution in [0.15, 0.2) is 69.8 Å². The van der Waals surface area contributed by atoms with E-state index < -0.39 is 9.84 Å². The van der Waals surface area contributed by atoms with Gasteiger partial charge in [0.25, 0.3) is 5.91 Å². The van der Waals surface area contributed by atoms with Crippen LogP contribution in [0.5, 0.6) is 0 Å². The molecule has 1 aromatic heterocycles. The third kappa shape index (κ3) is 2.89. The molecule has 2 aromatic carbocycles. The number of carbonyl (C=O) groups is 2. The lowest BCUT2D eigenvalue weighted by atomic mass is 10.0. The van der Waals surface area contributed by atoms with Crippen molar-refractivity contribution in [3.8, 4) is 0 Å². The van der Waals surface area contributed by atoms with E-state index in [4.69, 9.17) is 0 Å². The summed E-state index contributed by atoms with van der Waals surface area (Å²) in [6.45, 7) is 0.433. The van der Waals surface area contributed by atoms with Gasteiger partial charge < -0.3 is 4.90 Å². The number of benzene rings is 2. The topological polar surface area (TPSA) is 71.5 Å². The number of nitrogens with zero attached hydrogens (tertiary/aromatic N) is 1. The van der Waals surface area contributed by atoms with Crippen molar-refractivity contribution in [1.29, 1.82) is 0 Å². The number of sulfone groups is 1. The van der Waals surface area contributed by atoms with Crippen molar-refractivity contribution >= 4 is 32.9 Å². The minimum absolute atomic E-state index is 0.0148. The van der Waals surface area contributed by atoms with E-state index in [0.717, 1.165) is 4.88 Å². The number of carbonyl (C=O) groups excluding carboxylic acids is 2. The molecule has 0 unspecified atom stereocenters. The summed E-state index contributed by atoms with van der Waals surface area (Å²) in [6.07, 6.45) is 0. The van der Waals surface area contributed by atoms with Gasteiger partial charge in [-0.2, -0.15) is 0 Å². The molecule has 136 valence electrons. The predicted octanol–water partition coefficient (Wildman–Crippen LogP) is 3.40. The first-order chi connectivity index (χ1) is 12.9. The fourth-order valence-corrected chi connectivity index (χ4v) is 5.58. The number of fused-ring (bicyclic) bond motifs is 2. The lowest BCUT2D eigenvalue weighted by Crippen LogP contribution is -2.27. The highest BCUT2D eigenvalue weighted by Gasteiger charge is 2.35.